The zero-order valence-electron chi connectivity index (χ0n) is 10.6. The van der Waals surface area contributed by atoms with Gasteiger partial charge in [-0.15, -0.1) is 0 Å². The quantitative estimate of drug-likeness (QED) is 0.647. The number of aliphatic imine (C=N–C) groups is 1. The fraction of sp³-hybridized carbons (Fsp3) is 0.167. The summed E-state index contributed by atoms with van der Waals surface area (Å²) in [6.45, 7) is 0. The number of hydrogen-bond donors (Lipinski definition) is 2. The summed E-state index contributed by atoms with van der Waals surface area (Å²) in [5.41, 5.74) is 3.59. The van der Waals surface area contributed by atoms with Crippen LogP contribution in [0.5, 0.6) is 0 Å². The summed E-state index contributed by atoms with van der Waals surface area (Å²) >= 11 is 1.35. The second kappa shape index (κ2) is 6.71. The third-order valence-electron chi connectivity index (χ3n) is 2.28. The molecule has 8 heteroatoms. The number of carbonyl (C=O) groups is 1. The van der Waals surface area contributed by atoms with Gasteiger partial charge in [0, 0.05) is 5.75 Å². The SMILES string of the molecule is CO/N=C(\C(=O)O)C1=NNC(=Nc2ccccc2)SC1. The minimum absolute atomic E-state index is 0.216. The number of thioether (sulfide) groups is 1. The van der Waals surface area contributed by atoms with Crippen molar-refractivity contribution in [1.29, 1.82) is 0 Å². The summed E-state index contributed by atoms with van der Waals surface area (Å²) in [4.78, 5) is 19.8. The van der Waals surface area contributed by atoms with Gasteiger partial charge in [0.15, 0.2) is 5.17 Å². The molecule has 0 atom stereocenters. The third kappa shape index (κ3) is 3.58. The number of carboxylic acid groups (broad SMARTS) is 1. The number of nitrogens with one attached hydrogen (secondary N) is 1. The summed E-state index contributed by atoms with van der Waals surface area (Å²) in [5.74, 6) is -0.830. The lowest BCUT2D eigenvalue weighted by Crippen LogP contribution is -2.33. The normalized spacial score (nSPS) is 17.4. The van der Waals surface area contributed by atoms with Gasteiger partial charge in [-0.05, 0) is 12.1 Å². The third-order valence-corrected chi connectivity index (χ3v) is 3.15. The zero-order valence-corrected chi connectivity index (χ0v) is 11.4. The number of nitrogens with zero attached hydrogens (tertiary/aromatic N) is 3. The second-order valence-electron chi connectivity index (χ2n) is 3.64. The monoisotopic (exact) mass is 292 g/mol. The van der Waals surface area contributed by atoms with Gasteiger partial charge in [-0.1, -0.05) is 35.1 Å². The first-order valence-corrected chi connectivity index (χ1v) is 6.63. The highest BCUT2D eigenvalue weighted by molar-refractivity contribution is 8.14. The minimum atomic E-state index is -1.18. The van der Waals surface area contributed by atoms with Crippen LogP contribution in [0.4, 0.5) is 5.69 Å². The molecule has 1 heterocycles. The molecule has 0 amide bonds. The summed E-state index contributed by atoms with van der Waals surface area (Å²) in [5, 5.41) is 17.0. The highest BCUT2D eigenvalue weighted by Crippen LogP contribution is 2.16. The Labute approximate surface area is 119 Å². The van der Waals surface area contributed by atoms with Crippen molar-refractivity contribution in [3.05, 3.63) is 30.3 Å². The van der Waals surface area contributed by atoms with Crippen LogP contribution in [0, 0.1) is 0 Å². The molecule has 2 N–H and O–H groups in total. The van der Waals surface area contributed by atoms with Crippen molar-refractivity contribution in [2.45, 2.75) is 0 Å². The Bertz CT molecular complexity index is 584. The molecule has 1 aliphatic rings. The lowest BCUT2D eigenvalue weighted by atomic mass is 10.2. The van der Waals surface area contributed by atoms with E-state index in [2.05, 4.69) is 25.5 Å². The van der Waals surface area contributed by atoms with E-state index in [1.807, 2.05) is 30.3 Å². The van der Waals surface area contributed by atoms with Crippen LogP contribution in [0.3, 0.4) is 0 Å². The number of rotatable bonds is 4. The number of hydrogen-bond acceptors (Lipinski definition) is 6. The maximum Gasteiger partial charge on any atom is 0.359 e. The fourth-order valence-corrected chi connectivity index (χ4v) is 2.18. The molecular weight excluding hydrogens is 280 g/mol. The summed E-state index contributed by atoms with van der Waals surface area (Å²) in [7, 11) is 1.29. The van der Waals surface area contributed by atoms with Crippen molar-refractivity contribution in [2.75, 3.05) is 12.9 Å². The van der Waals surface area contributed by atoms with Crippen LogP contribution in [0.1, 0.15) is 0 Å². The Morgan fingerprint density at radius 3 is 2.75 bits per heavy atom. The largest absolute Gasteiger partial charge is 0.476 e. The van der Waals surface area contributed by atoms with Gasteiger partial charge in [-0.3, -0.25) is 5.43 Å². The number of amidine groups is 1. The number of para-hydroxylation sites is 1. The van der Waals surface area contributed by atoms with E-state index < -0.39 is 5.97 Å². The van der Waals surface area contributed by atoms with Crippen molar-refractivity contribution in [1.82, 2.24) is 5.43 Å². The van der Waals surface area contributed by atoms with Crippen LogP contribution >= 0.6 is 11.8 Å². The van der Waals surface area contributed by atoms with Crippen LogP contribution in [0.25, 0.3) is 0 Å². The van der Waals surface area contributed by atoms with Gasteiger partial charge < -0.3 is 9.94 Å². The maximum absolute atomic E-state index is 11.0. The number of hydrazone groups is 1. The highest BCUT2D eigenvalue weighted by Gasteiger charge is 2.22. The van der Waals surface area contributed by atoms with Crippen LogP contribution < -0.4 is 5.43 Å². The van der Waals surface area contributed by atoms with Crippen LogP contribution in [0.2, 0.25) is 0 Å². The molecule has 1 aromatic carbocycles. The average Bonchev–Trinajstić information content (AvgIpc) is 2.47. The van der Waals surface area contributed by atoms with E-state index in [0.717, 1.165) is 5.69 Å². The van der Waals surface area contributed by atoms with Crippen molar-refractivity contribution in [3.63, 3.8) is 0 Å². The van der Waals surface area contributed by atoms with E-state index in [9.17, 15) is 4.79 Å². The predicted octanol–water partition coefficient (Wildman–Crippen LogP) is 1.45. The van der Waals surface area contributed by atoms with Gasteiger partial charge in [0.25, 0.3) is 0 Å². The maximum atomic E-state index is 11.0. The van der Waals surface area contributed by atoms with E-state index in [1.54, 1.807) is 0 Å². The summed E-state index contributed by atoms with van der Waals surface area (Å²) in [6.07, 6.45) is 0. The first kappa shape index (κ1) is 14.1. The van der Waals surface area contributed by atoms with Gasteiger partial charge in [-0.25, -0.2) is 9.79 Å². The van der Waals surface area contributed by atoms with Crippen LogP contribution in [0.15, 0.2) is 45.6 Å². The Kier molecular flexibility index (Phi) is 4.72. The number of aliphatic carboxylic acids is 1. The van der Waals surface area contributed by atoms with E-state index in [-0.39, 0.29) is 5.71 Å². The van der Waals surface area contributed by atoms with Gasteiger partial charge >= 0.3 is 5.97 Å². The number of carboxylic acids is 1. The van der Waals surface area contributed by atoms with Crippen molar-refractivity contribution in [2.24, 2.45) is 15.2 Å². The van der Waals surface area contributed by atoms with Gasteiger partial charge in [0.2, 0.25) is 5.71 Å². The molecule has 0 fully saturated rings. The molecule has 20 heavy (non-hydrogen) atoms. The predicted molar refractivity (Wildman–Crippen MR) is 78.6 cm³/mol. The van der Waals surface area contributed by atoms with E-state index >= 15 is 0 Å². The smallest absolute Gasteiger partial charge is 0.359 e. The van der Waals surface area contributed by atoms with E-state index in [4.69, 9.17) is 5.11 Å². The Morgan fingerprint density at radius 1 is 1.45 bits per heavy atom. The Hall–Kier alpha value is -2.35. The molecule has 104 valence electrons. The molecule has 1 aliphatic heterocycles. The van der Waals surface area contributed by atoms with Crippen molar-refractivity contribution < 1.29 is 14.7 Å². The van der Waals surface area contributed by atoms with E-state index in [0.29, 0.717) is 16.6 Å². The zero-order chi connectivity index (χ0) is 14.4. The standard InChI is InChI=1S/C12H12N4O3S/c1-19-16-10(11(17)18)9-7-20-12(15-14-9)13-8-5-3-2-4-6-8/h2-6H,7H2,1H3,(H,13,15)(H,17,18)/b16-10-. The Morgan fingerprint density at radius 2 is 2.20 bits per heavy atom. The molecule has 2 rings (SSSR count). The molecule has 1 aromatic rings. The molecule has 0 aliphatic carbocycles. The van der Waals surface area contributed by atoms with Crippen LogP contribution in [-0.4, -0.2) is 40.5 Å². The Balaban J connectivity index is 2.12. The average molecular weight is 292 g/mol. The van der Waals surface area contributed by atoms with Crippen LogP contribution in [-0.2, 0) is 9.63 Å². The minimum Gasteiger partial charge on any atom is -0.476 e. The van der Waals surface area contributed by atoms with E-state index in [1.165, 1.54) is 18.9 Å². The summed E-state index contributed by atoms with van der Waals surface area (Å²) < 4.78 is 0. The number of oxime groups is 1. The molecule has 0 radical (unpaired) electrons. The van der Waals surface area contributed by atoms with Crippen molar-refractivity contribution in [3.8, 4) is 0 Å². The number of benzene rings is 1. The molecule has 0 saturated heterocycles. The first-order valence-electron chi connectivity index (χ1n) is 5.64. The fourth-order valence-electron chi connectivity index (χ4n) is 1.42. The molecule has 0 saturated carbocycles. The van der Waals surface area contributed by atoms with Crippen molar-refractivity contribution >= 4 is 40.0 Å². The molecular formula is C12H12N4O3S. The second-order valence-corrected chi connectivity index (χ2v) is 4.60. The van der Waals surface area contributed by atoms with Gasteiger partial charge in [-0.2, -0.15) is 5.10 Å². The highest BCUT2D eigenvalue weighted by atomic mass is 32.2. The molecule has 0 aromatic heterocycles. The van der Waals surface area contributed by atoms with Gasteiger partial charge in [0.1, 0.15) is 12.8 Å². The summed E-state index contributed by atoms with van der Waals surface area (Å²) in [6, 6.07) is 9.40. The molecule has 0 bridgehead atoms. The lowest BCUT2D eigenvalue weighted by Gasteiger charge is -2.13. The van der Waals surface area contributed by atoms with Gasteiger partial charge in [0.05, 0.1) is 5.69 Å². The molecule has 0 unspecified atom stereocenters. The molecule has 0 spiro atoms. The first-order chi connectivity index (χ1) is 9.70. The topological polar surface area (TPSA) is 95.6 Å². The molecule has 7 nitrogen and oxygen atoms in total. The lowest BCUT2D eigenvalue weighted by molar-refractivity contribution is -0.129.